The zero-order chi connectivity index (χ0) is 14.2. The van der Waals surface area contributed by atoms with E-state index >= 15 is 0 Å². The van der Waals surface area contributed by atoms with E-state index in [-0.39, 0.29) is 17.1 Å². The molecule has 0 fully saturated rings. The maximum absolute atomic E-state index is 11.8. The quantitative estimate of drug-likeness (QED) is 0.588. The van der Waals surface area contributed by atoms with E-state index in [2.05, 4.69) is 11.9 Å². The van der Waals surface area contributed by atoms with Gasteiger partial charge < -0.3 is 5.32 Å². The van der Waals surface area contributed by atoms with Crippen LogP contribution in [0, 0.1) is 28.1 Å². The second-order valence-electron chi connectivity index (χ2n) is 4.56. The molecule has 4 nitrogen and oxygen atoms in total. The lowest BCUT2D eigenvalue weighted by Gasteiger charge is -2.17. The van der Waals surface area contributed by atoms with Crippen molar-refractivity contribution >= 4 is 17.5 Å². The highest BCUT2D eigenvalue weighted by Crippen LogP contribution is 2.22. The molecule has 0 bridgehead atoms. The van der Waals surface area contributed by atoms with Gasteiger partial charge in [-0.2, -0.15) is 10.5 Å². The van der Waals surface area contributed by atoms with Gasteiger partial charge in [0.25, 0.3) is 0 Å². The van der Waals surface area contributed by atoms with Crippen LogP contribution in [-0.2, 0) is 4.79 Å². The van der Waals surface area contributed by atoms with Gasteiger partial charge in [0.1, 0.15) is 17.9 Å². The Morgan fingerprint density at radius 2 is 1.94 bits per heavy atom. The van der Waals surface area contributed by atoms with Gasteiger partial charge >= 0.3 is 0 Å². The first-order valence-electron chi connectivity index (χ1n) is 5.42. The van der Waals surface area contributed by atoms with Crippen molar-refractivity contribution < 1.29 is 4.79 Å². The molecular formula is C13H17N3OS. The van der Waals surface area contributed by atoms with Gasteiger partial charge in [0.2, 0.25) is 0 Å². The maximum atomic E-state index is 11.8. The van der Waals surface area contributed by atoms with Crippen molar-refractivity contribution in [1.29, 1.82) is 10.5 Å². The Bertz CT molecular complexity index is 417. The molecule has 0 aliphatic carbocycles. The summed E-state index contributed by atoms with van der Waals surface area (Å²) in [4.78, 5) is 11.8. The van der Waals surface area contributed by atoms with E-state index in [1.807, 2.05) is 32.9 Å². The van der Waals surface area contributed by atoms with Gasteiger partial charge in [-0.05, 0) is 0 Å². The molecule has 0 radical (unpaired) electrons. The number of rotatable bonds is 6. The molecule has 0 amide bonds. The molecule has 0 aliphatic rings. The van der Waals surface area contributed by atoms with Crippen molar-refractivity contribution in [3.8, 4) is 12.1 Å². The molecule has 0 aromatic heterocycles. The molecule has 0 unspecified atom stereocenters. The van der Waals surface area contributed by atoms with Gasteiger partial charge in [-0.3, -0.25) is 4.79 Å². The standard InChI is InChI=1S/C13H17N3OS/c1-5-6-16-12(10(7-14)8-15)18-9-11(17)13(2,3)4/h5,16H,1,6,9H2,2-4H3. The van der Waals surface area contributed by atoms with Crippen LogP contribution in [0.1, 0.15) is 20.8 Å². The molecule has 96 valence electrons. The average molecular weight is 263 g/mol. The molecule has 0 saturated heterocycles. The summed E-state index contributed by atoms with van der Waals surface area (Å²) in [5.74, 6) is 0.302. The smallest absolute Gasteiger partial charge is 0.159 e. The van der Waals surface area contributed by atoms with Gasteiger partial charge in [-0.15, -0.1) is 6.58 Å². The fourth-order valence-electron chi connectivity index (χ4n) is 0.857. The van der Waals surface area contributed by atoms with Crippen LogP contribution in [0.25, 0.3) is 0 Å². The SMILES string of the molecule is C=CCNC(SCC(=O)C(C)(C)C)=C(C#N)C#N. The Balaban J connectivity index is 4.80. The van der Waals surface area contributed by atoms with E-state index in [9.17, 15) is 4.79 Å². The lowest BCUT2D eigenvalue weighted by atomic mass is 9.92. The highest BCUT2D eigenvalue weighted by Gasteiger charge is 2.21. The van der Waals surface area contributed by atoms with Crippen LogP contribution in [0.15, 0.2) is 23.3 Å². The summed E-state index contributed by atoms with van der Waals surface area (Å²) in [6.45, 7) is 9.51. The molecule has 0 rings (SSSR count). The number of nitrogens with zero attached hydrogens (tertiary/aromatic N) is 2. The Morgan fingerprint density at radius 1 is 1.39 bits per heavy atom. The van der Waals surface area contributed by atoms with Gasteiger partial charge in [0.15, 0.2) is 5.57 Å². The minimum Gasteiger partial charge on any atom is -0.375 e. The highest BCUT2D eigenvalue weighted by atomic mass is 32.2. The van der Waals surface area contributed by atoms with Crippen molar-refractivity contribution in [2.45, 2.75) is 20.8 Å². The monoisotopic (exact) mass is 263 g/mol. The Morgan fingerprint density at radius 3 is 2.33 bits per heavy atom. The van der Waals surface area contributed by atoms with Crippen molar-refractivity contribution in [1.82, 2.24) is 5.32 Å². The normalized spacial score (nSPS) is 9.83. The van der Waals surface area contributed by atoms with Crippen LogP contribution < -0.4 is 5.32 Å². The minimum absolute atomic E-state index is 0.0106. The second-order valence-corrected chi connectivity index (χ2v) is 5.54. The van der Waals surface area contributed by atoms with Crippen LogP contribution in [0.4, 0.5) is 0 Å². The lowest BCUT2D eigenvalue weighted by Crippen LogP contribution is -2.23. The Kier molecular flexibility index (Phi) is 6.85. The van der Waals surface area contributed by atoms with E-state index in [0.29, 0.717) is 11.6 Å². The molecule has 0 atom stereocenters. The molecular weight excluding hydrogens is 246 g/mol. The third-order valence-electron chi connectivity index (χ3n) is 2.04. The molecule has 0 heterocycles. The summed E-state index contributed by atoms with van der Waals surface area (Å²) in [5, 5.41) is 21.0. The highest BCUT2D eigenvalue weighted by molar-refractivity contribution is 8.03. The number of hydrogen-bond acceptors (Lipinski definition) is 5. The van der Waals surface area contributed by atoms with E-state index in [1.165, 1.54) is 11.8 Å². The summed E-state index contributed by atoms with van der Waals surface area (Å²) >= 11 is 1.18. The number of nitriles is 2. The van der Waals surface area contributed by atoms with E-state index < -0.39 is 5.41 Å². The molecule has 0 spiro atoms. The number of carbonyl (C=O) groups excluding carboxylic acids is 1. The molecule has 0 aromatic rings. The number of nitrogens with one attached hydrogen (secondary N) is 1. The molecule has 0 saturated carbocycles. The van der Waals surface area contributed by atoms with Crippen LogP contribution in [0.3, 0.4) is 0 Å². The van der Waals surface area contributed by atoms with Gasteiger partial charge in [0.05, 0.1) is 10.8 Å². The number of ketones is 1. The summed E-state index contributed by atoms with van der Waals surface area (Å²) in [6, 6.07) is 3.63. The molecule has 0 aromatic carbocycles. The van der Waals surface area contributed by atoms with Crippen LogP contribution >= 0.6 is 11.8 Å². The molecule has 0 aliphatic heterocycles. The Labute approximate surface area is 112 Å². The predicted molar refractivity (Wildman–Crippen MR) is 73.4 cm³/mol. The zero-order valence-electron chi connectivity index (χ0n) is 10.9. The van der Waals surface area contributed by atoms with E-state index in [0.717, 1.165) is 0 Å². The fraction of sp³-hybridized carbons (Fsp3) is 0.462. The summed E-state index contributed by atoms with van der Waals surface area (Å²) in [7, 11) is 0. The van der Waals surface area contributed by atoms with Crippen molar-refractivity contribution in [2.75, 3.05) is 12.3 Å². The Hall–Kier alpha value is -1.72. The third-order valence-corrected chi connectivity index (χ3v) is 3.09. The van der Waals surface area contributed by atoms with E-state index in [1.54, 1.807) is 6.08 Å². The van der Waals surface area contributed by atoms with Gasteiger partial charge in [-0.1, -0.05) is 38.6 Å². The number of thioether (sulfide) groups is 1. The molecule has 1 N–H and O–H groups in total. The zero-order valence-corrected chi connectivity index (χ0v) is 11.7. The van der Waals surface area contributed by atoms with Crippen molar-refractivity contribution in [3.05, 3.63) is 23.3 Å². The van der Waals surface area contributed by atoms with E-state index in [4.69, 9.17) is 10.5 Å². The van der Waals surface area contributed by atoms with Crippen molar-refractivity contribution in [3.63, 3.8) is 0 Å². The van der Waals surface area contributed by atoms with Crippen molar-refractivity contribution in [2.24, 2.45) is 5.41 Å². The number of Topliss-reactive ketones (excluding diaryl/α,β-unsaturated/α-hetero) is 1. The largest absolute Gasteiger partial charge is 0.375 e. The minimum atomic E-state index is -0.421. The van der Waals surface area contributed by atoms with Crippen LogP contribution in [0.2, 0.25) is 0 Å². The van der Waals surface area contributed by atoms with Gasteiger partial charge in [0, 0.05) is 12.0 Å². The van der Waals surface area contributed by atoms with Crippen LogP contribution in [0.5, 0.6) is 0 Å². The number of carbonyl (C=O) groups is 1. The topological polar surface area (TPSA) is 76.7 Å². The lowest BCUT2D eigenvalue weighted by molar-refractivity contribution is -0.123. The first kappa shape index (κ1) is 16.3. The number of allylic oxidation sites excluding steroid dienone is 1. The number of hydrogen-bond donors (Lipinski definition) is 1. The first-order chi connectivity index (χ1) is 8.36. The third kappa shape index (κ3) is 5.56. The molecule has 5 heteroatoms. The predicted octanol–water partition coefficient (Wildman–Crippen LogP) is 2.37. The average Bonchev–Trinajstić information content (AvgIpc) is 2.31. The fourth-order valence-corrected chi connectivity index (χ4v) is 1.99. The first-order valence-corrected chi connectivity index (χ1v) is 6.40. The molecule has 18 heavy (non-hydrogen) atoms. The van der Waals surface area contributed by atoms with Gasteiger partial charge in [-0.25, -0.2) is 0 Å². The summed E-state index contributed by atoms with van der Waals surface area (Å²) < 4.78 is 0. The second kappa shape index (κ2) is 7.58. The van der Waals surface area contributed by atoms with Crippen LogP contribution in [-0.4, -0.2) is 18.1 Å². The summed E-state index contributed by atoms with van der Waals surface area (Å²) in [5.41, 5.74) is -0.431. The summed E-state index contributed by atoms with van der Waals surface area (Å²) in [6.07, 6.45) is 1.62. The maximum Gasteiger partial charge on any atom is 0.159 e.